The highest BCUT2D eigenvalue weighted by Gasteiger charge is 2.77. The number of fused-ring (bicyclic) bond motifs is 7. The number of aliphatic hydroxyl groups is 2. The van der Waals surface area contributed by atoms with Gasteiger partial charge in [-0.05, 0) is 80.1 Å². The molecule has 42 heavy (non-hydrogen) atoms. The van der Waals surface area contributed by atoms with Gasteiger partial charge in [0.2, 0.25) is 0 Å². The normalized spacial score (nSPS) is 42.3. The van der Waals surface area contributed by atoms with Gasteiger partial charge in [-0.3, -0.25) is 4.79 Å². The maximum absolute atomic E-state index is 16.1. The van der Waals surface area contributed by atoms with Gasteiger partial charge in [0.05, 0.1) is 12.2 Å². The third-order valence-electron chi connectivity index (χ3n) is 10.5. The molecule has 10 heteroatoms. The lowest BCUT2D eigenvalue weighted by atomic mass is 9.46. The Morgan fingerprint density at radius 3 is 2.62 bits per heavy atom. The molecule has 6 rings (SSSR count). The van der Waals surface area contributed by atoms with Crippen LogP contribution in [0.1, 0.15) is 47.0 Å². The average Bonchev–Trinajstić information content (AvgIpc) is 3.34. The predicted octanol–water partition coefficient (Wildman–Crippen LogP) is 3.66. The average molecular weight is 602 g/mol. The monoisotopic (exact) mass is 601 g/mol. The molecule has 4 fully saturated rings. The lowest BCUT2D eigenvalue weighted by molar-refractivity contribution is -0.226. The number of ketones is 1. The number of carbonyl (C=O) groups excluding carboxylic acids is 1. The fourth-order valence-electron chi connectivity index (χ4n) is 9.00. The molecule has 0 spiro atoms. The molecular weight excluding hydrogens is 560 g/mol. The van der Waals surface area contributed by atoms with Gasteiger partial charge in [0.15, 0.2) is 23.8 Å². The molecule has 8 nitrogen and oxygen atoms in total. The van der Waals surface area contributed by atoms with Crippen LogP contribution in [-0.2, 0) is 19.1 Å². The zero-order valence-corrected chi connectivity index (χ0v) is 25.7. The fourth-order valence-corrected chi connectivity index (χ4v) is 9.19. The summed E-state index contributed by atoms with van der Waals surface area (Å²) in [7, 11) is 2.63. The lowest BCUT2D eigenvalue weighted by Crippen LogP contribution is -2.64. The first kappa shape index (κ1) is 29.9. The molecule has 228 valence electrons. The van der Waals surface area contributed by atoms with Crippen LogP contribution in [0.2, 0.25) is 0 Å². The van der Waals surface area contributed by atoms with E-state index in [2.05, 4.69) is 14.4 Å². The van der Waals surface area contributed by atoms with Crippen LogP contribution in [0.25, 0.3) is 0 Å². The van der Waals surface area contributed by atoms with Crippen molar-refractivity contribution >= 4 is 26.0 Å². The number of benzene rings is 1. The van der Waals surface area contributed by atoms with Crippen molar-refractivity contribution in [3.05, 3.63) is 48.1 Å². The van der Waals surface area contributed by atoms with E-state index in [-0.39, 0.29) is 37.2 Å². The second kappa shape index (κ2) is 10.5. The zero-order chi connectivity index (χ0) is 30.1. The molecular formula is C32H41FNO7P. The van der Waals surface area contributed by atoms with Crippen molar-refractivity contribution in [2.75, 3.05) is 19.8 Å². The first-order valence-electron chi connectivity index (χ1n) is 14.8. The summed E-state index contributed by atoms with van der Waals surface area (Å²) < 4.78 is 34.4. The molecule has 2 N–H and O–H groups in total. The topological polar surface area (TPSA) is 107 Å². The van der Waals surface area contributed by atoms with Gasteiger partial charge in [0, 0.05) is 16.7 Å². The summed E-state index contributed by atoms with van der Waals surface area (Å²) in [5.74, 6) is -1.29. The summed E-state index contributed by atoms with van der Waals surface area (Å²) in [6.45, 7) is 7.34. The summed E-state index contributed by atoms with van der Waals surface area (Å²) in [5, 5.41) is 27.0. The Kier molecular flexibility index (Phi) is 7.46. The fraction of sp³-hybridized carbons (Fsp3) is 0.625. The van der Waals surface area contributed by atoms with Gasteiger partial charge in [-0.1, -0.05) is 37.2 Å². The molecule has 5 aliphatic rings. The number of allylic oxidation sites excluding steroid dienone is 4. The molecule has 0 radical (unpaired) electrons. The molecule has 1 saturated heterocycles. The van der Waals surface area contributed by atoms with E-state index in [0.717, 1.165) is 11.1 Å². The number of hydrogen-bond donors (Lipinski definition) is 2. The van der Waals surface area contributed by atoms with Crippen LogP contribution in [0.15, 0.2) is 53.2 Å². The minimum atomic E-state index is -1.38. The van der Waals surface area contributed by atoms with E-state index in [1.165, 1.54) is 0 Å². The molecule has 4 aliphatic carbocycles. The standard InChI is InChI=1S/C32H41FNO7P/c1-29(2)40-27-15-22-21-14-24(33)23-13-18(34-39-12-11-38-19-5-7-20(42)8-6-19)9-10-30(23,3)28(21)25(36)16-31(22,4)32(27,41-29)26(37)17-35/h5-10,13,21-22,24-25,27-28,35-36H,11-12,14-17,42H2,1-4H3/b34-18+/t21-,22-,24-,25-,27+,28+,30-,31-,32+/m0/s1. The summed E-state index contributed by atoms with van der Waals surface area (Å²) >= 11 is 0. The van der Waals surface area contributed by atoms with Crippen LogP contribution in [0.4, 0.5) is 4.39 Å². The van der Waals surface area contributed by atoms with E-state index in [4.69, 9.17) is 19.0 Å². The first-order valence-corrected chi connectivity index (χ1v) is 15.4. The summed E-state index contributed by atoms with van der Waals surface area (Å²) in [6.07, 6.45) is 3.89. The number of rotatable bonds is 7. The highest BCUT2D eigenvalue weighted by molar-refractivity contribution is 7.27. The third kappa shape index (κ3) is 4.50. The van der Waals surface area contributed by atoms with Gasteiger partial charge >= 0.3 is 0 Å². The van der Waals surface area contributed by atoms with E-state index >= 15 is 4.39 Å². The Hall–Kier alpha value is -2.16. The van der Waals surface area contributed by atoms with Crippen LogP contribution in [0, 0.1) is 28.6 Å². The number of halogens is 1. The second-order valence-corrected chi connectivity index (χ2v) is 14.0. The van der Waals surface area contributed by atoms with Crippen molar-refractivity contribution in [3.8, 4) is 5.75 Å². The number of nitrogens with zero attached hydrogens (tertiary/aromatic N) is 1. The van der Waals surface area contributed by atoms with Crippen molar-refractivity contribution in [2.24, 2.45) is 33.7 Å². The summed E-state index contributed by atoms with van der Waals surface area (Å²) in [4.78, 5) is 18.8. The molecule has 1 heterocycles. The van der Waals surface area contributed by atoms with Crippen LogP contribution in [0.5, 0.6) is 5.75 Å². The van der Waals surface area contributed by atoms with Crippen LogP contribution in [-0.4, -0.2) is 71.3 Å². The number of ether oxygens (including phenoxy) is 3. The van der Waals surface area contributed by atoms with Crippen LogP contribution >= 0.6 is 9.24 Å². The molecule has 10 atom stereocenters. The maximum Gasteiger partial charge on any atom is 0.193 e. The van der Waals surface area contributed by atoms with E-state index in [9.17, 15) is 15.0 Å². The third-order valence-corrected chi connectivity index (χ3v) is 10.9. The van der Waals surface area contributed by atoms with Crippen LogP contribution in [0.3, 0.4) is 0 Å². The van der Waals surface area contributed by atoms with E-state index in [1.807, 2.05) is 50.3 Å². The Balaban J connectivity index is 1.20. The van der Waals surface area contributed by atoms with Crippen LogP contribution < -0.4 is 10.0 Å². The minimum absolute atomic E-state index is 0.127. The lowest BCUT2D eigenvalue weighted by Gasteiger charge is -2.60. The van der Waals surface area contributed by atoms with E-state index in [1.54, 1.807) is 19.9 Å². The number of hydrogen-bond acceptors (Lipinski definition) is 8. The van der Waals surface area contributed by atoms with Gasteiger partial charge in [0.25, 0.3) is 0 Å². The number of carbonyl (C=O) groups is 1. The Morgan fingerprint density at radius 2 is 1.90 bits per heavy atom. The number of Topliss-reactive ketones (excluding diaryl/α,β-unsaturated/α-hetero) is 1. The minimum Gasteiger partial charge on any atom is -0.490 e. The van der Waals surface area contributed by atoms with Crippen molar-refractivity contribution in [3.63, 3.8) is 0 Å². The zero-order valence-electron chi connectivity index (χ0n) is 24.6. The molecule has 0 aromatic heterocycles. The van der Waals surface area contributed by atoms with Gasteiger partial charge in [-0.15, -0.1) is 9.24 Å². The highest BCUT2D eigenvalue weighted by atomic mass is 31.0. The van der Waals surface area contributed by atoms with E-state index < -0.39 is 53.0 Å². The molecule has 0 amide bonds. The summed E-state index contributed by atoms with van der Waals surface area (Å²) in [6, 6.07) is 7.64. The van der Waals surface area contributed by atoms with Crippen molar-refractivity contribution in [1.82, 2.24) is 0 Å². The molecule has 1 aromatic carbocycles. The molecule has 0 bridgehead atoms. The largest absolute Gasteiger partial charge is 0.490 e. The highest BCUT2D eigenvalue weighted by Crippen LogP contribution is 2.70. The van der Waals surface area contributed by atoms with Crippen molar-refractivity contribution in [1.29, 1.82) is 0 Å². The molecule has 1 unspecified atom stereocenters. The number of aliphatic hydroxyl groups excluding tert-OH is 2. The van der Waals surface area contributed by atoms with Gasteiger partial charge in [-0.2, -0.15) is 0 Å². The quantitative estimate of drug-likeness (QED) is 0.279. The smallest absolute Gasteiger partial charge is 0.193 e. The van der Waals surface area contributed by atoms with Crippen molar-refractivity contribution in [2.45, 2.75) is 76.7 Å². The Bertz CT molecular complexity index is 1330. The summed E-state index contributed by atoms with van der Waals surface area (Å²) in [5.41, 5.74) is -1.84. The molecule has 1 aromatic rings. The van der Waals surface area contributed by atoms with Crippen molar-refractivity contribution < 1.29 is 38.4 Å². The van der Waals surface area contributed by atoms with E-state index in [0.29, 0.717) is 24.3 Å². The number of oxime groups is 1. The van der Waals surface area contributed by atoms with Gasteiger partial charge in [-0.25, -0.2) is 4.39 Å². The number of alkyl halides is 1. The predicted molar refractivity (Wildman–Crippen MR) is 158 cm³/mol. The molecule has 3 saturated carbocycles. The Morgan fingerprint density at radius 1 is 1.17 bits per heavy atom. The maximum atomic E-state index is 16.1. The SMILES string of the molecule is CC1(C)O[C@@H]2C[C@H]3[C@@H]4C[C@H](F)C5=C/C(=N/OCCOc6ccc(P)cc6)C=C[C@]5(C)[C@H]4[C@@H](O)C[C@]3(C)[C@]2(C(=O)CO)O1. The first-order chi connectivity index (χ1) is 19.8. The Labute approximate surface area is 248 Å². The van der Waals surface area contributed by atoms with Gasteiger partial charge < -0.3 is 29.3 Å². The molecule has 1 aliphatic heterocycles. The second-order valence-electron chi connectivity index (χ2n) is 13.3. The van der Waals surface area contributed by atoms with Gasteiger partial charge in [0.1, 0.15) is 30.8 Å².